The number of imidazole rings is 2. The molecule has 0 spiro atoms. The van der Waals surface area contributed by atoms with Gasteiger partial charge in [-0.1, -0.05) is 99.6 Å². The molecule has 2 aromatic heterocycles. The Morgan fingerprint density at radius 2 is 1.27 bits per heavy atom. The highest BCUT2D eigenvalue weighted by Gasteiger charge is 2.38. The number of aromatic nitrogens is 4. The van der Waals surface area contributed by atoms with Crippen LogP contribution in [0.15, 0.2) is 103 Å². The van der Waals surface area contributed by atoms with Crippen LogP contribution in [0.2, 0.25) is 0 Å². The van der Waals surface area contributed by atoms with Crippen molar-refractivity contribution in [2.45, 2.75) is 70.6 Å². The minimum Gasteiger partial charge on any atom is -0.453 e. The quantitative estimate of drug-likeness (QED) is 0.0974. The van der Waals surface area contributed by atoms with Crippen molar-refractivity contribution in [3.8, 4) is 33.6 Å². The van der Waals surface area contributed by atoms with Crippen LogP contribution in [0.4, 0.5) is 4.79 Å². The van der Waals surface area contributed by atoms with E-state index in [-0.39, 0.29) is 35.9 Å². The number of aromatic amines is 2. The lowest BCUT2D eigenvalue weighted by Crippen LogP contribution is -2.51. The van der Waals surface area contributed by atoms with Crippen molar-refractivity contribution < 1.29 is 19.1 Å². The van der Waals surface area contributed by atoms with Crippen molar-refractivity contribution in [3.63, 3.8) is 0 Å². The fourth-order valence-corrected chi connectivity index (χ4v) is 8.60. The van der Waals surface area contributed by atoms with Crippen LogP contribution >= 0.6 is 0 Å². The Morgan fingerprint density at radius 3 is 1.86 bits per heavy atom. The van der Waals surface area contributed by atoms with Gasteiger partial charge in [-0.3, -0.25) is 9.59 Å². The summed E-state index contributed by atoms with van der Waals surface area (Å²) in [5.41, 5.74) is 6.85. The lowest BCUT2D eigenvalue weighted by Gasteiger charge is -2.29. The SMILES string of the molecule is CCN[C@@H](C(=O)N1CCC[C@H]1c1nc(-c2ccc(-c3ccc4cc(-c5c[nH]c([C@@H]6CCCN6C(=O)[C@@H](NC(=O)OC)C(C)C)n5)ccc4c3)cc2)c[nH]1)c1ccccc1. The van der Waals surface area contributed by atoms with Gasteiger partial charge in [-0.25, -0.2) is 14.8 Å². The van der Waals surface area contributed by atoms with Crippen molar-refractivity contribution in [2.24, 2.45) is 5.92 Å². The van der Waals surface area contributed by atoms with Crippen molar-refractivity contribution in [2.75, 3.05) is 26.7 Å². The third-order valence-electron chi connectivity index (χ3n) is 11.7. The highest BCUT2D eigenvalue weighted by atomic mass is 16.5. The lowest BCUT2D eigenvalue weighted by molar-refractivity contribution is -0.136. The number of nitrogens with zero attached hydrogens (tertiary/aromatic N) is 4. The standard InChI is InChI=1S/C47H52N8O4/c1-5-48-42(32-11-7-6-8-12-32)46(57)55-24-10-14-40(55)43-49-27-37(51-43)31-17-15-30(16-18-31)33-19-20-35-26-36(22-21-34(35)25-33)38-28-50-44(52-38)39-13-9-23-54(39)45(56)41(29(2)3)53-47(58)59-4/h6-8,11-12,15-22,25-29,39-42,48H,5,9-10,13-14,23-24H2,1-4H3,(H,49,51)(H,50,52)(H,53,58)/t39-,40-,41-,42+/m0/s1. The predicted octanol–water partition coefficient (Wildman–Crippen LogP) is 8.35. The van der Waals surface area contributed by atoms with E-state index in [0.29, 0.717) is 19.6 Å². The third-order valence-corrected chi connectivity index (χ3v) is 11.7. The number of rotatable bonds is 12. The first-order valence-corrected chi connectivity index (χ1v) is 20.7. The van der Waals surface area contributed by atoms with Crippen molar-refractivity contribution >= 4 is 28.7 Å². The number of H-pyrrole nitrogens is 2. The smallest absolute Gasteiger partial charge is 0.407 e. The van der Waals surface area contributed by atoms with Crippen LogP contribution in [0, 0.1) is 5.92 Å². The minimum atomic E-state index is -0.680. The predicted molar refractivity (Wildman–Crippen MR) is 229 cm³/mol. The Balaban J connectivity index is 0.941. The maximum atomic E-state index is 13.9. The molecule has 6 aromatic rings. The average molecular weight is 793 g/mol. The molecule has 4 atom stereocenters. The lowest BCUT2D eigenvalue weighted by atomic mass is 9.98. The minimum absolute atomic E-state index is 0.0820. The maximum absolute atomic E-state index is 13.9. The number of likely N-dealkylation sites (N-methyl/N-ethyl adjacent to an activating group) is 1. The molecule has 4 N–H and O–H groups in total. The van der Waals surface area contributed by atoms with Crippen LogP contribution < -0.4 is 10.6 Å². The van der Waals surface area contributed by atoms with E-state index in [1.165, 1.54) is 7.11 Å². The second-order valence-corrected chi connectivity index (χ2v) is 15.8. The Hall–Kier alpha value is -6.27. The Kier molecular flexibility index (Phi) is 11.6. The molecule has 8 rings (SSSR count). The molecule has 4 aromatic carbocycles. The Bertz CT molecular complexity index is 2420. The fraction of sp³-hybridized carbons (Fsp3) is 0.340. The zero-order valence-electron chi connectivity index (χ0n) is 34.1. The molecule has 2 fully saturated rings. The van der Waals surface area contributed by atoms with Gasteiger partial charge in [0.1, 0.15) is 23.7 Å². The molecule has 0 radical (unpaired) electrons. The zero-order chi connectivity index (χ0) is 41.0. The van der Waals surface area contributed by atoms with Gasteiger partial charge in [0.25, 0.3) is 0 Å². The summed E-state index contributed by atoms with van der Waals surface area (Å²) < 4.78 is 4.77. The molecule has 2 saturated heterocycles. The van der Waals surface area contributed by atoms with Gasteiger partial charge in [-0.05, 0) is 77.7 Å². The van der Waals surface area contributed by atoms with Crippen LogP contribution in [0.5, 0.6) is 0 Å². The van der Waals surface area contributed by atoms with Gasteiger partial charge in [-0.2, -0.15) is 0 Å². The molecule has 0 bridgehead atoms. The number of hydrogen-bond acceptors (Lipinski definition) is 7. The number of alkyl carbamates (subject to hydrolysis) is 1. The summed E-state index contributed by atoms with van der Waals surface area (Å²) >= 11 is 0. The van der Waals surface area contributed by atoms with Crippen LogP contribution in [0.25, 0.3) is 44.4 Å². The van der Waals surface area contributed by atoms with E-state index in [1.54, 1.807) is 0 Å². The van der Waals surface area contributed by atoms with E-state index in [1.807, 2.05) is 73.3 Å². The topological polar surface area (TPSA) is 148 Å². The largest absolute Gasteiger partial charge is 0.453 e. The number of likely N-dealkylation sites (tertiary alicyclic amines) is 2. The molecular weight excluding hydrogens is 741 g/mol. The van der Waals surface area contributed by atoms with E-state index in [2.05, 4.69) is 81.3 Å². The summed E-state index contributed by atoms with van der Waals surface area (Å²) in [4.78, 5) is 59.9. The number of hydrogen-bond donors (Lipinski definition) is 4. The Labute approximate surface area is 344 Å². The van der Waals surface area contributed by atoms with E-state index in [4.69, 9.17) is 14.7 Å². The highest BCUT2D eigenvalue weighted by molar-refractivity contribution is 5.91. The molecule has 4 heterocycles. The first-order chi connectivity index (χ1) is 28.7. The number of ether oxygens (including phenoxy) is 1. The van der Waals surface area contributed by atoms with Gasteiger partial charge < -0.3 is 35.1 Å². The molecule has 304 valence electrons. The van der Waals surface area contributed by atoms with E-state index >= 15 is 0 Å². The van der Waals surface area contributed by atoms with Gasteiger partial charge in [0.05, 0.1) is 30.6 Å². The molecule has 0 aliphatic carbocycles. The van der Waals surface area contributed by atoms with Crippen LogP contribution in [-0.4, -0.2) is 80.4 Å². The van der Waals surface area contributed by atoms with Gasteiger partial charge in [0.15, 0.2) is 0 Å². The monoisotopic (exact) mass is 792 g/mol. The van der Waals surface area contributed by atoms with Crippen LogP contribution in [-0.2, 0) is 14.3 Å². The van der Waals surface area contributed by atoms with Gasteiger partial charge in [0.2, 0.25) is 11.8 Å². The second kappa shape index (κ2) is 17.3. The summed E-state index contributed by atoms with van der Waals surface area (Å²) in [5.74, 6) is 1.41. The number of benzene rings is 4. The number of fused-ring (bicyclic) bond motifs is 1. The highest BCUT2D eigenvalue weighted by Crippen LogP contribution is 2.36. The van der Waals surface area contributed by atoms with E-state index < -0.39 is 12.1 Å². The molecule has 2 aliphatic heterocycles. The van der Waals surface area contributed by atoms with Crippen LogP contribution in [0.3, 0.4) is 0 Å². The number of amides is 3. The molecule has 2 aliphatic rings. The number of nitrogens with one attached hydrogen (secondary N) is 4. The van der Waals surface area contributed by atoms with Gasteiger partial charge in [-0.15, -0.1) is 0 Å². The first kappa shape index (κ1) is 39.6. The summed E-state index contributed by atoms with van der Waals surface area (Å²) in [5, 5.41) is 8.32. The molecular formula is C47H52N8O4. The zero-order valence-corrected chi connectivity index (χ0v) is 34.1. The summed E-state index contributed by atoms with van der Waals surface area (Å²) in [7, 11) is 1.30. The van der Waals surface area contributed by atoms with Crippen LogP contribution in [0.1, 0.15) is 81.8 Å². The molecule has 0 saturated carbocycles. The molecule has 12 nitrogen and oxygen atoms in total. The fourth-order valence-electron chi connectivity index (χ4n) is 8.60. The van der Waals surface area contributed by atoms with E-state index in [0.717, 1.165) is 87.3 Å². The first-order valence-electron chi connectivity index (χ1n) is 20.7. The maximum Gasteiger partial charge on any atom is 0.407 e. The third kappa shape index (κ3) is 8.22. The van der Waals surface area contributed by atoms with Gasteiger partial charge in [0, 0.05) is 36.6 Å². The second-order valence-electron chi connectivity index (χ2n) is 15.8. The Morgan fingerprint density at radius 1 is 0.729 bits per heavy atom. The molecule has 3 amide bonds. The normalized spacial score (nSPS) is 17.7. The van der Waals surface area contributed by atoms with Gasteiger partial charge >= 0.3 is 6.09 Å². The molecule has 0 unspecified atom stereocenters. The molecule has 59 heavy (non-hydrogen) atoms. The summed E-state index contributed by atoms with van der Waals surface area (Å²) in [6.45, 7) is 7.86. The summed E-state index contributed by atoms with van der Waals surface area (Å²) in [6.07, 6.45) is 6.69. The summed E-state index contributed by atoms with van der Waals surface area (Å²) in [6, 6.07) is 29.9. The average Bonchev–Trinajstić information content (AvgIpc) is 4.11. The number of carbonyl (C=O) groups excluding carboxylic acids is 3. The molecule has 12 heteroatoms. The number of carbonyl (C=O) groups is 3. The van der Waals surface area contributed by atoms with Crippen molar-refractivity contribution in [1.29, 1.82) is 0 Å². The van der Waals surface area contributed by atoms with Crippen molar-refractivity contribution in [1.82, 2.24) is 40.4 Å². The van der Waals surface area contributed by atoms with E-state index in [9.17, 15) is 14.4 Å². The van der Waals surface area contributed by atoms with Crippen molar-refractivity contribution in [3.05, 3.63) is 121 Å². The number of methoxy groups -OCH3 is 1.